The first-order valence-corrected chi connectivity index (χ1v) is 2.13. The zero-order chi connectivity index (χ0) is 5.70. The molecule has 0 rings (SSSR count). The van der Waals surface area contributed by atoms with Gasteiger partial charge in [-0.05, 0) is 7.05 Å². The third-order valence-electron chi connectivity index (χ3n) is 0.758. The maximum Gasteiger partial charge on any atom is 0.134 e. The van der Waals surface area contributed by atoms with Crippen molar-refractivity contribution in [2.75, 3.05) is 20.8 Å². The van der Waals surface area contributed by atoms with Crippen molar-refractivity contribution in [3.05, 3.63) is 0 Å². The Morgan fingerprint density at radius 2 is 2.43 bits per heavy atom. The minimum absolute atomic E-state index is 0.229. The lowest BCUT2D eigenvalue weighted by Gasteiger charge is -2.07. The Morgan fingerprint density at radius 3 is 2.43 bits per heavy atom. The van der Waals surface area contributed by atoms with Crippen LogP contribution in [0.5, 0.6) is 0 Å². The van der Waals surface area contributed by atoms with Crippen molar-refractivity contribution >= 4 is 0 Å². The van der Waals surface area contributed by atoms with Gasteiger partial charge in [-0.1, -0.05) is 0 Å². The van der Waals surface area contributed by atoms with Gasteiger partial charge in [-0.3, -0.25) is 5.32 Å². The van der Waals surface area contributed by atoms with E-state index in [4.69, 9.17) is 0 Å². The summed E-state index contributed by atoms with van der Waals surface area (Å²) < 4.78 is 4.62. The molecule has 43 valence electrons. The lowest BCUT2D eigenvalue weighted by molar-refractivity contribution is 0.00460. The highest BCUT2D eigenvalue weighted by molar-refractivity contribution is 4.42. The Balaban J connectivity index is 2.99. The second kappa shape index (κ2) is 4.05. The minimum atomic E-state index is -0.319. The molecule has 0 aromatic carbocycles. The highest BCUT2D eigenvalue weighted by Crippen LogP contribution is 1.76. The lowest BCUT2D eigenvalue weighted by Crippen LogP contribution is -2.29. The molecule has 0 saturated heterocycles. The molecule has 0 heterocycles. The van der Waals surface area contributed by atoms with E-state index in [-0.39, 0.29) is 12.8 Å². The summed E-state index contributed by atoms with van der Waals surface area (Å²) in [6, 6.07) is 0. The second-order valence-electron chi connectivity index (χ2n) is 1.18. The molecule has 0 bridgehead atoms. The van der Waals surface area contributed by atoms with Crippen molar-refractivity contribution in [2.45, 2.75) is 6.23 Å². The van der Waals surface area contributed by atoms with Crippen LogP contribution < -0.4 is 5.32 Å². The molecule has 0 aromatic heterocycles. The van der Waals surface area contributed by atoms with Gasteiger partial charge in [0.05, 0.1) is 0 Å². The number of methoxy groups -OCH3 is 1. The van der Waals surface area contributed by atoms with Gasteiger partial charge in [0, 0.05) is 7.11 Å². The van der Waals surface area contributed by atoms with E-state index in [2.05, 4.69) is 10.1 Å². The molecule has 3 nitrogen and oxygen atoms in total. The van der Waals surface area contributed by atoms with E-state index in [9.17, 15) is 5.11 Å². The summed E-state index contributed by atoms with van der Waals surface area (Å²) in [6.07, 6.45) is -0.319. The number of rotatable bonds is 3. The van der Waals surface area contributed by atoms with Gasteiger partial charge in [-0.25, -0.2) is 5.11 Å². The number of hydrogen-bond acceptors (Lipinski definition) is 2. The van der Waals surface area contributed by atoms with Crippen LogP contribution in [0, 0.1) is 0 Å². The molecular formula is C4H10NO2. The largest absolute Gasteiger partial charge is 0.364 e. The van der Waals surface area contributed by atoms with E-state index in [0.717, 1.165) is 0 Å². The Bertz CT molecular complexity index is 31.2. The van der Waals surface area contributed by atoms with Gasteiger partial charge < -0.3 is 4.74 Å². The molecule has 1 N–H and O–H groups in total. The average molecular weight is 104 g/mol. The fourth-order valence-electron chi connectivity index (χ4n) is 0.269. The standard InChI is InChI=1S/C4H10NO2/c1-5-4(3-6)7-2/h4-5H,3H2,1-2H3. The summed E-state index contributed by atoms with van der Waals surface area (Å²) in [6.45, 7) is -0.229. The van der Waals surface area contributed by atoms with Gasteiger partial charge >= 0.3 is 0 Å². The average Bonchev–Trinajstić information content (AvgIpc) is 1.72. The Morgan fingerprint density at radius 1 is 1.86 bits per heavy atom. The van der Waals surface area contributed by atoms with Crippen LogP contribution in [0.4, 0.5) is 0 Å². The molecule has 0 amide bonds. The van der Waals surface area contributed by atoms with Crippen LogP contribution in [0.2, 0.25) is 0 Å². The van der Waals surface area contributed by atoms with E-state index >= 15 is 0 Å². The fraction of sp³-hybridized carbons (Fsp3) is 1.00. The summed E-state index contributed by atoms with van der Waals surface area (Å²) >= 11 is 0. The number of ether oxygens (including phenoxy) is 1. The number of nitrogens with one attached hydrogen (secondary N) is 1. The topological polar surface area (TPSA) is 41.2 Å². The first-order valence-electron chi connectivity index (χ1n) is 2.13. The first-order chi connectivity index (χ1) is 3.35. The van der Waals surface area contributed by atoms with Crippen LogP contribution in [0.25, 0.3) is 0 Å². The molecule has 0 fully saturated rings. The summed E-state index contributed by atoms with van der Waals surface area (Å²) in [5.41, 5.74) is 0. The van der Waals surface area contributed by atoms with Gasteiger partial charge in [0.2, 0.25) is 0 Å². The van der Waals surface area contributed by atoms with Crippen molar-refractivity contribution in [1.29, 1.82) is 0 Å². The van der Waals surface area contributed by atoms with Crippen molar-refractivity contribution in [1.82, 2.24) is 5.32 Å². The predicted molar refractivity (Wildman–Crippen MR) is 25.4 cm³/mol. The molecule has 0 aliphatic heterocycles. The lowest BCUT2D eigenvalue weighted by atomic mass is 10.6. The normalized spacial score (nSPS) is 14.1. The molecular weight excluding hydrogens is 94.0 g/mol. The molecule has 0 aliphatic carbocycles. The summed E-state index contributed by atoms with van der Waals surface area (Å²) in [5.74, 6) is 0. The van der Waals surface area contributed by atoms with E-state index in [1.165, 1.54) is 7.11 Å². The second-order valence-corrected chi connectivity index (χ2v) is 1.18. The van der Waals surface area contributed by atoms with Crippen molar-refractivity contribution < 1.29 is 9.84 Å². The summed E-state index contributed by atoms with van der Waals surface area (Å²) in [4.78, 5) is 0. The van der Waals surface area contributed by atoms with Gasteiger partial charge in [-0.2, -0.15) is 0 Å². The Kier molecular flexibility index (Phi) is 3.98. The zero-order valence-corrected chi connectivity index (χ0v) is 4.60. The minimum Gasteiger partial charge on any atom is -0.364 e. The van der Waals surface area contributed by atoms with Crippen LogP contribution >= 0.6 is 0 Å². The smallest absolute Gasteiger partial charge is 0.134 e. The van der Waals surface area contributed by atoms with E-state index in [1.54, 1.807) is 7.05 Å². The Labute approximate surface area is 43.3 Å². The van der Waals surface area contributed by atoms with Crippen molar-refractivity contribution in [3.8, 4) is 0 Å². The van der Waals surface area contributed by atoms with E-state index in [1.807, 2.05) is 0 Å². The summed E-state index contributed by atoms with van der Waals surface area (Å²) in [5, 5.41) is 12.6. The molecule has 0 aromatic rings. The monoisotopic (exact) mass is 104 g/mol. The molecule has 0 spiro atoms. The maximum absolute atomic E-state index is 9.90. The van der Waals surface area contributed by atoms with Crippen molar-refractivity contribution in [2.24, 2.45) is 0 Å². The van der Waals surface area contributed by atoms with Gasteiger partial charge in [-0.15, -0.1) is 0 Å². The zero-order valence-electron chi connectivity index (χ0n) is 4.60. The third-order valence-corrected chi connectivity index (χ3v) is 0.758. The van der Waals surface area contributed by atoms with Crippen LogP contribution in [0.1, 0.15) is 0 Å². The van der Waals surface area contributed by atoms with Gasteiger partial charge in [0.15, 0.2) is 0 Å². The highest BCUT2D eigenvalue weighted by Gasteiger charge is 1.97. The molecule has 1 atom stereocenters. The molecule has 7 heavy (non-hydrogen) atoms. The number of hydrogen-bond donors (Lipinski definition) is 1. The van der Waals surface area contributed by atoms with E-state index in [0.29, 0.717) is 0 Å². The maximum atomic E-state index is 9.90. The molecule has 3 heteroatoms. The quantitative estimate of drug-likeness (QED) is 0.495. The molecule has 1 unspecified atom stereocenters. The molecule has 1 radical (unpaired) electrons. The number of likely N-dealkylation sites (N-methyl/N-ethyl adjacent to an activating group) is 1. The molecule has 0 aliphatic rings. The first kappa shape index (κ1) is 6.88. The SMILES string of the molecule is CNC(C[O])OC. The van der Waals surface area contributed by atoms with Gasteiger partial charge in [0.1, 0.15) is 12.8 Å². The Hall–Kier alpha value is -0.120. The van der Waals surface area contributed by atoms with Crippen LogP contribution in [-0.4, -0.2) is 27.0 Å². The van der Waals surface area contributed by atoms with Crippen molar-refractivity contribution in [3.63, 3.8) is 0 Å². The van der Waals surface area contributed by atoms with Crippen LogP contribution in [0.15, 0.2) is 0 Å². The van der Waals surface area contributed by atoms with E-state index < -0.39 is 0 Å². The highest BCUT2D eigenvalue weighted by atomic mass is 16.5. The summed E-state index contributed by atoms with van der Waals surface area (Å²) in [7, 11) is 3.19. The van der Waals surface area contributed by atoms with Crippen LogP contribution in [0.3, 0.4) is 0 Å². The fourth-order valence-corrected chi connectivity index (χ4v) is 0.269. The molecule has 0 saturated carbocycles. The van der Waals surface area contributed by atoms with Crippen LogP contribution in [-0.2, 0) is 9.84 Å². The van der Waals surface area contributed by atoms with Gasteiger partial charge in [0.25, 0.3) is 0 Å². The third kappa shape index (κ3) is 2.56. The predicted octanol–water partition coefficient (Wildman–Crippen LogP) is -0.391.